The van der Waals surface area contributed by atoms with E-state index in [0.717, 1.165) is 16.9 Å². The van der Waals surface area contributed by atoms with Crippen LogP contribution < -0.4 is 10.5 Å². The molecule has 23 heavy (non-hydrogen) atoms. The summed E-state index contributed by atoms with van der Waals surface area (Å²) in [6.45, 7) is 0. The summed E-state index contributed by atoms with van der Waals surface area (Å²) in [5.41, 5.74) is 8.52. The van der Waals surface area contributed by atoms with E-state index >= 15 is 0 Å². The molecule has 0 aliphatic carbocycles. The fraction of sp³-hybridized carbons (Fsp3) is 0.176. The maximum Gasteiger partial charge on any atom is 0.320 e. The summed E-state index contributed by atoms with van der Waals surface area (Å²) in [7, 11) is 1.61. The van der Waals surface area contributed by atoms with E-state index in [4.69, 9.17) is 20.0 Å². The van der Waals surface area contributed by atoms with Gasteiger partial charge in [-0.15, -0.1) is 0 Å². The third kappa shape index (κ3) is 3.17. The molecule has 0 unspecified atom stereocenters. The maximum absolute atomic E-state index is 10.8. The van der Waals surface area contributed by atoms with Crippen molar-refractivity contribution in [2.75, 3.05) is 7.11 Å². The minimum atomic E-state index is -1.02. The van der Waals surface area contributed by atoms with Crippen molar-refractivity contribution in [2.24, 2.45) is 5.73 Å². The first kappa shape index (κ1) is 15.1. The fourth-order valence-electron chi connectivity index (χ4n) is 2.30. The van der Waals surface area contributed by atoms with Crippen molar-refractivity contribution >= 4 is 17.1 Å². The average Bonchev–Trinajstić information content (AvgIpc) is 2.98. The predicted octanol–water partition coefficient (Wildman–Crippen LogP) is 2.46. The van der Waals surface area contributed by atoms with Crippen LogP contribution in [0.25, 0.3) is 22.6 Å². The van der Waals surface area contributed by atoms with Crippen molar-refractivity contribution in [1.29, 1.82) is 0 Å². The van der Waals surface area contributed by atoms with Crippen LogP contribution in [0.1, 0.15) is 5.56 Å². The van der Waals surface area contributed by atoms with Crippen LogP contribution in [0.3, 0.4) is 0 Å². The molecule has 0 bridgehead atoms. The smallest absolute Gasteiger partial charge is 0.320 e. The van der Waals surface area contributed by atoms with E-state index in [1.165, 1.54) is 0 Å². The molecular formula is C17H16N2O4. The monoisotopic (exact) mass is 312 g/mol. The second-order valence-electron chi connectivity index (χ2n) is 5.20. The predicted molar refractivity (Wildman–Crippen MR) is 85.3 cm³/mol. The van der Waals surface area contributed by atoms with Crippen molar-refractivity contribution in [3.05, 3.63) is 48.0 Å². The van der Waals surface area contributed by atoms with Gasteiger partial charge < -0.3 is 20.0 Å². The van der Waals surface area contributed by atoms with E-state index in [9.17, 15) is 4.79 Å². The summed E-state index contributed by atoms with van der Waals surface area (Å²) in [6.07, 6.45) is 0.246. The molecule has 1 atom stereocenters. The van der Waals surface area contributed by atoms with Gasteiger partial charge in [0, 0.05) is 5.56 Å². The molecule has 0 saturated heterocycles. The number of oxazole rings is 1. The number of carboxylic acid groups (broad SMARTS) is 1. The zero-order valence-electron chi connectivity index (χ0n) is 12.5. The fourth-order valence-corrected chi connectivity index (χ4v) is 2.30. The van der Waals surface area contributed by atoms with Crippen molar-refractivity contribution < 1.29 is 19.1 Å². The van der Waals surface area contributed by atoms with E-state index in [0.29, 0.717) is 17.0 Å². The highest BCUT2D eigenvalue weighted by Crippen LogP contribution is 2.26. The average molecular weight is 312 g/mol. The molecule has 3 aromatic rings. The van der Waals surface area contributed by atoms with Gasteiger partial charge in [0.2, 0.25) is 5.89 Å². The van der Waals surface area contributed by atoms with Crippen molar-refractivity contribution in [3.8, 4) is 17.2 Å². The lowest BCUT2D eigenvalue weighted by Gasteiger charge is -2.05. The highest BCUT2D eigenvalue weighted by atomic mass is 16.5. The first-order valence-electron chi connectivity index (χ1n) is 7.09. The van der Waals surface area contributed by atoms with Crippen molar-refractivity contribution in [3.63, 3.8) is 0 Å². The number of aromatic nitrogens is 1. The Balaban J connectivity index is 1.90. The lowest BCUT2D eigenvalue weighted by Crippen LogP contribution is -2.32. The molecule has 6 heteroatoms. The van der Waals surface area contributed by atoms with Gasteiger partial charge in [-0.1, -0.05) is 6.07 Å². The van der Waals surface area contributed by atoms with Crippen LogP contribution in [0, 0.1) is 0 Å². The molecule has 3 N–H and O–H groups in total. The summed E-state index contributed by atoms with van der Waals surface area (Å²) in [5.74, 6) is 0.237. The summed E-state index contributed by atoms with van der Waals surface area (Å²) < 4.78 is 10.9. The molecule has 0 saturated carbocycles. The molecule has 0 spiro atoms. The number of methoxy groups -OCH3 is 1. The van der Waals surface area contributed by atoms with Crippen LogP contribution in [0.5, 0.6) is 5.75 Å². The van der Waals surface area contributed by atoms with Crippen LogP contribution in [-0.4, -0.2) is 29.2 Å². The van der Waals surface area contributed by atoms with Gasteiger partial charge in [0.15, 0.2) is 5.58 Å². The number of benzene rings is 2. The topological polar surface area (TPSA) is 98.6 Å². The van der Waals surface area contributed by atoms with Crippen LogP contribution >= 0.6 is 0 Å². The van der Waals surface area contributed by atoms with Gasteiger partial charge >= 0.3 is 5.97 Å². The van der Waals surface area contributed by atoms with E-state index in [-0.39, 0.29) is 6.42 Å². The quantitative estimate of drug-likeness (QED) is 0.751. The largest absolute Gasteiger partial charge is 0.497 e. The van der Waals surface area contributed by atoms with Crippen LogP contribution in [-0.2, 0) is 11.2 Å². The number of nitrogens with zero attached hydrogens (tertiary/aromatic N) is 1. The number of rotatable bonds is 5. The molecule has 3 rings (SSSR count). The summed E-state index contributed by atoms with van der Waals surface area (Å²) >= 11 is 0. The standard InChI is InChI=1S/C17H16N2O4/c1-22-12-5-3-11(4-6-12)16-19-14-9-10(2-7-15(14)23-16)8-13(18)17(20)21/h2-7,9,13H,8,18H2,1H3,(H,20,21)/t13-/m0/s1. The minimum absolute atomic E-state index is 0.246. The highest BCUT2D eigenvalue weighted by Gasteiger charge is 2.14. The van der Waals surface area contributed by atoms with Gasteiger partial charge in [-0.3, -0.25) is 4.79 Å². The molecule has 0 aliphatic heterocycles. The van der Waals surface area contributed by atoms with Crippen LogP contribution in [0.2, 0.25) is 0 Å². The number of aliphatic carboxylic acids is 1. The van der Waals surface area contributed by atoms with Gasteiger partial charge in [0.1, 0.15) is 17.3 Å². The Labute approximate surface area is 132 Å². The molecule has 2 aromatic carbocycles. The Kier molecular flexibility index (Phi) is 3.99. The Hall–Kier alpha value is -2.86. The molecule has 0 amide bonds. The molecule has 0 fully saturated rings. The molecule has 0 radical (unpaired) electrons. The molecule has 1 heterocycles. The van der Waals surface area contributed by atoms with Crippen LogP contribution in [0.4, 0.5) is 0 Å². The van der Waals surface area contributed by atoms with Gasteiger partial charge in [-0.25, -0.2) is 4.98 Å². The van der Waals surface area contributed by atoms with Crippen molar-refractivity contribution in [1.82, 2.24) is 4.98 Å². The number of carboxylic acids is 1. The van der Waals surface area contributed by atoms with Crippen molar-refractivity contribution in [2.45, 2.75) is 12.5 Å². The molecule has 6 nitrogen and oxygen atoms in total. The Bertz CT molecular complexity index is 839. The number of fused-ring (bicyclic) bond motifs is 1. The van der Waals surface area contributed by atoms with E-state index in [2.05, 4.69) is 4.98 Å². The lowest BCUT2D eigenvalue weighted by molar-refractivity contribution is -0.138. The molecule has 0 aliphatic rings. The lowest BCUT2D eigenvalue weighted by atomic mass is 10.1. The van der Waals surface area contributed by atoms with Gasteiger partial charge in [0.25, 0.3) is 0 Å². The second-order valence-corrected chi connectivity index (χ2v) is 5.20. The number of ether oxygens (including phenoxy) is 1. The van der Waals surface area contributed by atoms with Crippen LogP contribution in [0.15, 0.2) is 46.9 Å². The summed E-state index contributed by atoms with van der Waals surface area (Å²) in [6, 6.07) is 11.8. The first-order valence-corrected chi connectivity index (χ1v) is 7.09. The summed E-state index contributed by atoms with van der Waals surface area (Å²) in [4.78, 5) is 15.3. The number of hydrogen-bond donors (Lipinski definition) is 2. The Morgan fingerprint density at radius 1 is 1.30 bits per heavy atom. The van der Waals surface area contributed by atoms with Gasteiger partial charge in [-0.05, 0) is 48.4 Å². The minimum Gasteiger partial charge on any atom is -0.497 e. The number of nitrogens with two attached hydrogens (primary N) is 1. The number of hydrogen-bond acceptors (Lipinski definition) is 5. The third-order valence-corrected chi connectivity index (χ3v) is 3.56. The zero-order chi connectivity index (χ0) is 16.4. The van der Waals surface area contributed by atoms with Gasteiger partial charge in [-0.2, -0.15) is 0 Å². The zero-order valence-corrected chi connectivity index (χ0v) is 12.5. The Morgan fingerprint density at radius 2 is 2.04 bits per heavy atom. The van der Waals surface area contributed by atoms with Gasteiger partial charge in [0.05, 0.1) is 7.11 Å². The van der Waals surface area contributed by atoms with E-state index < -0.39 is 12.0 Å². The molecule has 118 valence electrons. The number of carbonyl (C=O) groups is 1. The third-order valence-electron chi connectivity index (χ3n) is 3.56. The SMILES string of the molecule is COc1ccc(-c2nc3cc(C[C@H](N)C(=O)O)ccc3o2)cc1. The van der Waals surface area contributed by atoms with E-state index in [1.54, 1.807) is 25.3 Å². The molecule has 1 aromatic heterocycles. The summed E-state index contributed by atoms with van der Waals surface area (Å²) in [5, 5.41) is 8.88. The maximum atomic E-state index is 10.8. The van der Waals surface area contributed by atoms with E-state index in [1.807, 2.05) is 24.3 Å². The second kappa shape index (κ2) is 6.10. The first-order chi connectivity index (χ1) is 11.1. The highest BCUT2D eigenvalue weighted by molar-refractivity contribution is 5.78. The molecular weight excluding hydrogens is 296 g/mol. The Morgan fingerprint density at radius 3 is 2.70 bits per heavy atom. The normalized spacial score (nSPS) is 12.3.